The maximum atomic E-state index is 12.3. The number of aliphatic imine (C=N–C) groups is 1. The van der Waals surface area contributed by atoms with E-state index in [1.807, 2.05) is 36.4 Å². The van der Waals surface area contributed by atoms with E-state index in [1.54, 1.807) is 30.6 Å². The first kappa shape index (κ1) is 22.1. The molecule has 2 aromatic heterocycles. The fourth-order valence-corrected chi connectivity index (χ4v) is 3.80. The molecule has 8 nitrogen and oxygen atoms in total. The lowest BCUT2D eigenvalue weighted by Crippen LogP contribution is -2.11. The summed E-state index contributed by atoms with van der Waals surface area (Å²) in [5.74, 6) is -0.281. The smallest absolute Gasteiger partial charge is 0.258 e. The molecule has 0 saturated carbocycles. The van der Waals surface area contributed by atoms with Crippen LogP contribution in [0.5, 0.6) is 5.88 Å². The number of aromatic amines is 1. The summed E-state index contributed by atoms with van der Waals surface area (Å²) in [5, 5.41) is 16.4. The second-order valence-corrected chi connectivity index (χ2v) is 8.86. The van der Waals surface area contributed by atoms with E-state index in [4.69, 9.17) is 5.14 Å². The lowest BCUT2D eigenvalue weighted by molar-refractivity contribution is 0.452. The van der Waals surface area contributed by atoms with Crippen molar-refractivity contribution >= 4 is 39.2 Å². The third kappa shape index (κ3) is 5.22. The Morgan fingerprint density at radius 3 is 2.36 bits per heavy atom. The number of rotatable bonds is 6. The fraction of sp³-hybridized carbons (Fsp3) is 0.0417. The number of aromatic nitrogens is 2. The molecule has 0 unspecified atom stereocenters. The largest absolute Gasteiger partial charge is 0.494 e. The second-order valence-electron chi connectivity index (χ2n) is 7.29. The first-order valence-corrected chi connectivity index (χ1v) is 11.4. The number of hydrogen-bond acceptors (Lipinski definition) is 6. The highest BCUT2D eigenvalue weighted by atomic mass is 32.2. The molecule has 0 fully saturated rings. The number of nitrogens with zero attached hydrogens (tertiary/aromatic N) is 2. The van der Waals surface area contributed by atoms with Gasteiger partial charge in [-0.05, 0) is 53.1 Å². The maximum absolute atomic E-state index is 12.3. The van der Waals surface area contributed by atoms with Crippen LogP contribution in [0.25, 0.3) is 22.9 Å². The lowest BCUT2D eigenvalue weighted by atomic mass is 10.0. The summed E-state index contributed by atoms with van der Waals surface area (Å²) in [6.45, 7) is 0.243. The van der Waals surface area contributed by atoms with E-state index in [1.165, 1.54) is 18.3 Å². The molecule has 4 aromatic rings. The molecule has 33 heavy (non-hydrogen) atoms. The highest BCUT2D eigenvalue weighted by Gasteiger charge is 2.10. The number of hydrogen-bond donors (Lipinski definition) is 3. The topological polar surface area (TPSA) is 138 Å². The Morgan fingerprint density at radius 1 is 0.970 bits per heavy atom. The molecule has 0 aliphatic heterocycles. The zero-order chi connectivity index (χ0) is 23.4. The molecule has 2 aromatic carbocycles. The van der Waals surface area contributed by atoms with E-state index in [0.717, 1.165) is 16.7 Å². The molecule has 2 heterocycles. The molecule has 0 aliphatic rings. The predicted octanol–water partition coefficient (Wildman–Crippen LogP) is 3.07. The number of benzene rings is 2. The van der Waals surface area contributed by atoms with Crippen LogP contribution >= 0.6 is 0 Å². The monoisotopic (exact) mass is 460 g/mol. The van der Waals surface area contributed by atoms with Crippen LogP contribution in [0.1, 0.15) is 22.3 Å². The van der Waals surface area contributed by atoms with Crippen molar-refractivity contribution < 1.29 is 13.5 Å². The van der Waals surface area contributed by atoms with Gasteiger partial charge in [-0.15, -0.1) is 0 Å². The summed E-state index contributed by atoms with van der Waals surface area (Å²) in [6, 6.07) is 15.1. The van der Waals surface area contributed by atoms with Gasteiger partial charge in [0.2, 0.25) is 15.9 Å². The van der Waals surface area contributed by atoms with Crippen LogP contribution < -0.4 is 10.7 Å². The number of pyridine rings is 2. The lowest BCUT2D eigenvalue weighted by Gasteiger charge is -2.06. The molecule has 0 bridgehead atoms. The van der Waals surface area contributed by atoms with Gasteiger partial charge in [-0.3, -0.25) is 19.8 Å². The molecular formula is C24H20N4O4S. The van der Waals surface area contributed by atoms with Crippen LogP contribution in [0.4, 0.5) is 0 Å². The average Bonchev–Trinajstić information content (AvgIpc) is 2.80. The predicted molar refractivity (Wildman–Crippen MR) is 129 cm³/mol. The number of nitrogens with two attached hydrogens (primary N) is 1. The normalized spacial score (nSPS) is 12.2. The minimum absolute atomic E-state index is 0.0202. The minimum Gasteiger partial charge on any atom is -0.494 e. The SMILES string of the molecule is NS(=O)(=O)c1ccc(CN=Cc2c(O)[nH]c(=O)c3ccc(/C=C/c4ccncc4)cc23)cc1. The fourth-order valence-electron chi connectivity index (χ4n) is 3.28. The van der Waals surface area contributed by atoms with Crippen molar-refractivity contribution in [1.82, 2.24) is 9.97 Å². The van der Waals surface area contributed by atoms with Gasteiger partial charge in [0, 0.05) is 29.4 Å². The van der Waals surface area contributed by atoms with Crippen LogP contribution in [0.2, 0.25) is 0 Å². The standard InChI is InChI=1S/C24H20N4O4S/c25-33(31,32)19-6-3-18(4-7-19)14-27-15-22-21-13-17(2-1-16-9-11-26-12-10-16)5-8-20(21)23(29)28-24(22)30/h1-13,15H,14H2,(H2,25,31,32)(H2,28,29,30)/b2-1+,27-15?. The molecule has 0 saturated heterocycles. The van der Waals surface area contributed by atoms with Gasteiger partial charge in [0.25, 0.3) is 5.56 Å². The van der Waals surface area contributed by atoms with Crippen LogP contribution in [-0.4, -0.2) is 29.7 Å². The molecule has 9 heteroatoms. The van der Waals surface area contributed by atoms with Gasteiger partial charge in [0.1, 0.15) is 0 Å². The highest BCUT2D eigenvalue weighted by molar-refractivity contribution is 7.89. The Balaban J connectivity index is 1.64. The van der Waals surface area contributed by atoms with Crippen LogP contribution in [-0.2, 0) is 16.6 Å². The average molecular weight is 461 g/mol. The van der Waals surface area contributed by atoms with Gasteiger partial charge in [0.05, 0.1) is 17.0 Å². The van der Waals surface area contributed by atoms with E-state index >= 15 is 0 Å². The second kappa shape index (κ2) is 9.19. The van der Waals surface area contributed by atoms with Crippen LogP contribution in [0, 0.1) is 0 Å². The van der Waals surface area contributed by atoms with Crippen LogP contribution in [0.3, 0.4) is 0 Å². The summed E-state index contributed by atoms with van der Waals surface area (Å²) >= 11 is 0. The molecule has 0 radical (unpaired) electrons. The van der Waals surface area contributed by atoms with Gasteiger partial charge in [-0.1, -0.05) is 30.4 Å². The molecule has 0 aliphatic carbocycles. The van der Waals surface area contributed by atoms with Gasteiger partial charge >= 0.3 is 0 Å². The van der Waals surface area contributed by atoms with Crippen molar-refractivity contribution in [1.29, 1.82) is 0 Å². The first-order chi connectivity index (χ1) is 15.8. The number of sulfonamides is 1. The van der Waals surface area contributed by atoms with E-state index in [2.05, 4.69) is 15.0 Å². The van der Waals surface area contributed by atoms with Crippen molar-refractivity contribution in [3.8, 4) is 5.88 Å². The summed E-state index contributed by atoms with van der Waals surface area (Å²) in [4.78, 5) is 23.1. The zero-order valence-electron chi connectivity index (χ0n) is 17.3. The van der Waals surface area contributed by atoms with Crippen molar-refractivity contribution in [2.45, 2.75) is 11.4 Å². The Kier molecular flexibility index (Phi) is 6.16. The third-order valence-corrected chi connectivity index (χ3v) is 5.92. The van der Waals surface area contributed by atoms with Gasteiger partial charge in [-0.25, -0.2) is 13.6 Å². The number of H-pyrrole nitrogens is 1. The van der Waals surface area contributed by atoms with E-state index in [0.29, 0.717) is 16.3 Å². The Hall–Kier alpha value is -4.08. The summed E-state index contributed by atoms with van der Waals surface area (Å²) in [6.07, 6.45) is 8.72. The Morgan fingerprint density at radius 2 is 1.67 bits per heavy atom. The number of aromatic hydroxyl groups is 1. The van der Waals surface area contributed by atoms with Crippen LogP contribution in [0.15, 0.2) is 81.7 Å². The quantitative estimate of drug-likeness (QED) is 0.380. The van der Waals surface area contributed by atoms with Gasteiger partial charge in [0.15, 0.2) is 0 Å². The molecule has 4 N–H and O–H groups in total. The zero-order valence-corrected chi connectivity index (χ0v) is 18.2. The van der Waals surface area contributed by atoms with E-state index < -0.39 is 15.6 Å². The molecule has 4 rings (SSSR count). The molecule has 0 atom stereocenters. The number of nitrogens with one attached hydrogen (secondary N) is 1. The van der Waals surface area contributed by atoms with Crippen molar-refractivity contribution in [2.24, 2.45) is 10.1 Å². The summed E-state index contributed by atoms with van der Waals surface area (Å²) in [5.41, 5.74) is 2.56. The minimum atomic E-state index is -3.76. The van der Waals surface area contributed by atoms with Crippen molar-refractivity contribution in [3.05, 3.63) is 99.6 Å². The summed E-state index contributed by atoms with van der Waals surface area (Å²) in [7, 11) is -3.76. The van der Waals surface area contributed by atoms with Gasteiger partial charge in [-0.2, -0.15) is 0 Å². The van der Waals surface area contributed by atoms with Crippen molar-refractivity contribution in [2.75, 3.05) is 0 Å². The number of fused-ring (bicyclic) bond motifs is 1. The maximum Gasteiger partial charge on any atom is 0.258 e. The molecule has 0 amide bonds. The third-order valence-electron chi connectivity index (χ3n) is 4.99. The molecule has 166 valence electrons. The number of primary sulfonamides is 1. The molecule has 0 spiro atoms. The van der Waals surface area contributed by atoms with Gasteiger partial charge < -0.3 is 5.11 Å². The first-order valence-electron chi connectivity index (χ1n) is 9.90. The Bertz CT molecular complexity index is 1530. The van der Waals surface area contributed by atoms with E-state index in [-0.39, 0.29) is 17.3 Å². The van der Waals surface area contributed by atoms with Crippen molar-refractivity contribution in [3.63, 3.8) is 0 Å². The van der Waals surface area contributed by atoms with E-state index in [9.17, 15) is 18.3 Å². The summed E-state index contributed by atoms with van der Waals surface area (Å²) < 4.78 is 22.7. The molecular weight excluding hydrogens is 440 g/mol. The Labute approximate surface area is 189 Å². The highest BCUT2D eigenvalue weighted by Crippen LogP contribution is 2.23.